The van der Waals surface area contributed by atoms with Gasteiger partial charge in [0.2, 0.25) is 11.8 Å². The van der Waals surface area contributed by atoms with E-state index in [1.807, 2.05) is 47.5 Å². The third kappa shape index (κ3) is 4.62. The maximum Gasteiger partial charge on any atom is 0.250 e. The van der Waals surface area contributed by atoms with Gasteiger partial charge in [0, 0.05) is 57.3 Å². The number of amides is 2. The quantitative estimate of drug-likeness (QED) is 0.606. The molecule has 0 aliphatic carbocycles. The van der Waals surface area contributed by atoms with E-state index in [0.29, 0.717) is 26.1 Å². The minimum absolute atomic E-state index is 0.0444. The lowest BCUT2D eigenvalue weighted by Crippen LogP contribution is -2.53. The van der Waals surface area contributed by atoms with Crippen LogP contribution in [-0.2, 0) is 16.1 Å². The third-order valence-corrected chi connectivity index (χ3v) is 6.82. The summed E-state index contributed by atoms with van der Waals surface area (Å²) in [6.07, 6.45) is 4.24. The monoisotopic (exact) mass is 442 g/mol. The van der Waals surface area contributed by atoms with Crippen LogP contribution in [0.4, 0.5) is 0 Å². The van der Waals surface area contributed by atoms with Crippen molar-refractivity contribution in [3.63, 3.8) is 0 Å². The molecular formula is C27H30N4O2. The zero-order valence-electron chi connectivity index (χ0n) is 18.9. The second kappa shape index (κ2) is 9.71. The second-order valence-corrected chi connectivity index (χ2v) is 8.95. The molecule has 2 amide bonds. The number of benzene rings is 2. The number of piperidine rings is 1. The summed E-state index contributed by atoms with van der Waals surface area (Å²) in [6.45, 7) is 4.43. The van der Waals surface area contributed by atoms with Crippen LogP contribution in [0.1, 0.15) is 36.4 Å². The summed E-state index contributed by atoms with van der Waals surface area (Å²) in [5, 5.41) is 1.15. The first-order chi connectivity index (χ1) is 16.2. The SMILES string of the molecule is O=C(C(c1ccccc1)N1CCCCC1=O)N1CCN(Cc2cccc3cccnc23)CC1. The fourth-order valence-electron chi connectivity index (χ4n) is 5.03. The summed E-state index contributed by atoms with van der Waals surface area (Å²) in [5.74, 6) is 0.133. The fraction of sp³-hybridized carbons (Fsp3) is 0.370. The number of hydrogen-bond donors (Lipinski definition) is 0. The lowest BCUT2D eigenvalue weighted by molar-refractivity contribution is -0.148. The number of nitrogens with zero attached hydrogens (tertiary/aromatic N) is 4. The van der Waals surface area contributed by atoms with Gasteiger partial charge in [-0.15, -0.1) is 0 Å². The van der Waals surface area contributed by atoms with Gasteiger partial charge in [-0.2, -0.15) is 0 Å². The largest absolute Gasteiger partial charge is 0.338 e. The Labute approximate surface area is 194 Å². The van der Waals surface area contributed by atoms with Crippen molar-refractivity contribution in [2.24, 2.45) is 0 Å². The standard InChI is InChI=1S/C27H30N4O2/c32-24-13-4-5-15-31(24)26(22-8-2-1-3-9-22)27(33)30-18-16-29(17-19-30)20-23-11-6-10-21-12-7-14-28-25(21)23/h1-3,6-12,14,26H,4-5,13,15-20H2. The normalized spacial score (nSPS) is 18.5. The van der Waals surface area contributed by atoms with Crippen molar-refractivity contribution in [1.29, 1.82) is 0 Å². The summed E-state index contributed by atoms with van der Waals surface area (Å²) in [4.78, 5) is 37.1. The van der Waals surface area contributed by atoms with E-state index in [1.54, 1.807) is 4.90 Å². The molecule has 3 heterocycles. The molecule has 170 valence electrons. The summed E-state index contributed by atoms with van der Waals surface area (Å²) in [6, 6.07) is 19.6. The van der Waals surface area contributed by atoms with Crippen LogP contribution in [0.5, 0.6) is 0 Å². The van der Waals surface area contributed by atoms with Crippen LogP contribution in [0.3, 0.4) is 0 Å². The van der Waals surface area contributed by atoms with Crippen molar-refractivity contribution in [2.45, 2.75) is 31.8 Å². The number of pyridine rings is 1. The van der Waals surface area contributed by atoms with E-state index < -0.39 is 6.04 Å². The number of carbonyl (C=O) groups is 2. The lowest BCUT2D eigenvalue weighted by Gasteiger charge is -2.40. The van der Waals surface area contributed by atoms with E-state index in [4.69, 9.17) is 0 Å². The van der Waals surface area contributed by atoms with E-state index in [0.717, 1.165) is 48.9 Å². The molecule has 5 rings (SSSR count). The van der Waals surface area contributed by atoms with Gasteiger partial charge in [0.25, 0.3) is 0 Å². The van der Waals surface area contributed by atoms with Gasteiger partial charge in [-0.25, -0.2) is 0 Å². The van der Waals surface area contributed by atoms with Crippen molar-refractivity contribution in [3.8, 4) is 0 Å². The molecule has 33 heavy (non-hydrogen) atoms. The highest BCUT2D eigenvalue weighted by atomic mass is 16.2. The Morgan fingerprint density at radius 1 is 0.879 bits per heavy atom. The lowest BCUT2D eigenvalue weighted by atomic mass is 9.99. The van der Waals surface area contributed by atoms with E-state index in [9.17, 15) is 9.59 Å². The van der Waals surface area contributed by atoms with Gasteiger partial charge in [0.05, 0.1) is 5.52 Å². The number of likely N-dealkylation sites (tertiary alicyclic amines) is 1. The van der Waals surface area contributed by atoms with Crippen molar-refractivity contribution in [1.82, 2.24) is 19.7 Å². The molecule has 2 saturated heterocycles. The molecule has 0 spiro atoms. The Balaban J connectivity index is 1.29. The molecule has 1 unspecified atom stereocenters. The molecule has 3 aromatic rings. The van der Waals surface area contributed by atoms with Crippen molar-refractivity contribution in [3.05, 3.63) is 78.0 Å². The number of aromatic nitrogens is 1. The first kappa shape index (κ1) is 21.6. The zero-order valence-corrected chi connectivity index (χ0v) is 18.9. The minimum Gasteiger partial charge on any atom is -0.338 e. The van der Waals surface area contributed by atoms with Gasteiger partial charge in [-0.3, -0.25) is 19.5 Å². The van der Waals surface area contributed by atoms with Gasteiger partial charge in [-0.1, -0.05) is 54.6 Å². The van der Waals surface area contributed by atoms with Crippen LogP contribution < -0.4 is 0 Å². The Morgan fingerprint density at radius 2 is 1.67 bits per heavy atom. The average Bonchev–Trinajstić information content (AvgIpc) is 2.87. The first-order valence-electron chi connectivity index (χ1n) is 11.9. The number of piperazine rings is 1. The van der Waals surface area contributed by atoms with E-state index >= 15 is 0 Å². The Hall–Kier alpha value is -3.25. The van der Waals surface area contributed by atoms with Crippen LogP contribution >= 0.6 is 0 Å². The van der Waals surface area contributed by atoms with Crippen LogP contribution in [0, 0.1) is 0 Å². The molecule has 0 saturated carbocycles. The van der Waals surface area contributed by atoms with Crippen LogP contribution in [0.15, 0.2) is 66.9 Å². The summed E-state index contributed by atoms with van der Waals surface area (Å²) >= 11 is 0. The highest BCUT2D eigenvalue weighted by Crippen LogP contribution is 2.28. The second-order valence-electron chi connectivity index (χ2n) is 8.95. The molecule has 0 bridgehead atoms. The first-order valence-corrected chi connectivity index (χ1v) is 11.9. The van der Waals surface area contributed by atoms with E-state index in [1.165, 1.54) is 5.56 Å². The highest BCUT2D eigenvalue weighted by Gasteiger charge is 2.36. The minimum atomic E-state index is -0.521. The Bertz CT molecular complexity index is 1120. The zero-order chi connectivity index (χ0) is 22.6. The number of rotatable bonds is 5. The predicted octanol–water partition coefficient (Wildman–Crippen LogP) is 3.63. The maximum atomic E-state index is 13.7. The molecule has 6 heteroatoms. The summed E-state index contributed by atoms with van der Waals surface area (Å²) in [5.41, 5.74) is 3.17. The van der Waals surface area contributed by atoms with Crippen LogP contribution in [0.2, 0.25) is 0 Å². The van der Waals surface area contributed by atoms with Gasteiger partial charge < -0.3 is 9.80 Å². The van der Waals surface area contributed by atoms with Gasteiger partial charge >= 0.3 is 0 Å². The topological polar surface area (TPSA) is 56.8 Å². The van der Waals surface area contributed by atoms with E-state index in [2.05, 4.69) is 34.1 Å². The maximum absolute atomic E-state index is 13.7. The van der Waals surface area contributed by atoms with Crippen molar-refractivity contribution >= 4 is 22.7 Å². The molecule has 0 radical (unpaired) electrons. The van der Waals surface area contributed by atoms with Crippen LogP contribution in [0.25, 0.3) is 10.9 Å². The number of carbonyl (C=O) groups excluding carboxylic acids is 2. The van der Waals surface area contributed by atoms with Crippen LogP contribution in [-0.4, -0.2) is 64.2 Å². The number of hydrogen-bond acceptors (Lipinski definition) is 4. The van der Waals surface area contributed by atoms with Crippen molar-refractivity contribution < 1.29 is 9.59 Å². The molecule has 1 atom stereocenters. The Kier molecular flexibility index (Phi) is 6.35. The number of para-hydroxylation sites is 1. The number of fused-ring (bicyclic) bond motifs is 1. The fourth-order valence-corrected chi connectivity index (χ4v) is 5.03. The molecule has 2 aliphatic heterocycles. The summed E-state index contributed by atoms with van der Waals surface area (Å²) < 4.78 is 0. The highest BCUT2D eigenvalue weighted by molar-refractivity contribution is 5.89. The third-order valence-electron chi connectivity index (χ3n) is 6.82. The molecule has 2 aromatic carbocycles. The van der Waals surface area contributed by atoms with Gasteiger partial charge in [0.15, 0.2) is 0 Å². The molecule has 6 nitrogen and oxygen atoms in total. The smallest absolute Gasteiger partial charge is 0.250 e. The van der Waals surface area contributed by atoms with Gasteiger partial charge in [0.1, 0.15) is 6.04 Å². The molecule has 1 aromatic heterocycles. The van der Waals surface area contributed by atoms with Crippen molar-refractivity contribution in [2.75, 3.05) is 32.7 Å². The predicted molar refractivity (Wildman–Crippen MR) is 128 cm³/mol. The van der Waals surface area contributed by atoms with Gasteiger partial charge in [-0.05, 0) is 30.0 Å². The summed E-state index contributed by atoms with van der Waals surface area (Å²) in [7, 11) is 0. The molecule has 0 N–H and O–H groups in total. The van der Waals surface area contributed by atoms with E-state index in [-0.39, 0.29) is 11.8 Å². The molecule has 2 aliphatic rings. The molecule has 2 fully saturated rings. The Morgan fingerprint density at radius 3 is 2.45 bits per heavy atom. The average molecular weight is 443 g/mol. The molecular weight excluding hydrogens is 412 g/mol.